The van der Waals surface area contributed by atoms with Crippen molar-refractivity contribution in [2.45, 2.75) is 395 Å². The third kappa shape index (κ3) is 8.33. The summed E-state index contributed by atoms with van der Waals surface area (Å²) < 4.78 is 10.6. The molecule has 558 valence electrons. The van der Waals surface area contributed by atoms with Crippen LogP contribution in [0.25, 0.3) is 0 Å². The van der Waals surface area contributed by atoms with Gasteiger partial charge in [0.15, 0.2) is 0 Å². The molecule has 36 saturated carbocycles. The minimum Gasteiger partial charge on any atom is -0.455 e. The van der Waals surface area contributed by atoms with E-state index in [4.69, 9.17) is 6.42 Å². The average molecular weight is 1400 g/mol. The lowest BCUT2D eigenvalue weighted by Crippen LogP contribution is -2.58. The van der Waals surface area contributed by atoms with Crippen molar-refractivity contribution in [3.8, 4) is 23.8 Å². The van der Waals surface area contributed by atoms with Gasteiger partial charge in [-0.2, -0.15) is 0 Å². The third-order valence-corrected chi connectivity index (χ3v) is 44.4. The first kappa shape index (κ1) is 62.3. The zero-order chi connectivity index (χ0) is 67.6. The van der Waals surface area contributed by atoms with Gasteiger partial charge in [-0.15, -0.1) is 6.42 Å². The van der Waals surface area contributed by atoms with Gasteiger partial charge in [-0.1, -0.05) is 5.92 Å². The highest BCUT2D eigenvalue weighted by Gasteiger charge is 2.70. The Labute approximate surface area is 635 Å². The molecule has 0 unspecified atom stereocenters. The van der Waals surface area contributed by atoms with Gasteiger partial charge < -0.3 is 4.74 Å². The molecule has 1 nitrogen and oxygen atoms in total. The Hall–Kier alpha value is -2.20. The molecule has 36 aliphatic carbocycles. The van der Waals surface area contributed by atoms with Crippen LogP contribution in [0.15, 0.2) is 0 Å². The van der Waals surface area contributed by atoms with E-state index in [2.05, 4.69) is 44.9 Å². The second-order valence-electron chi connectivity index (χ2n) is 51.4. The fraction of sp³-hybridized carbons (Fsp3) is 0.865. The Balaban J connectivity index is 0.818. The van der Waals surface area contributed by atoms with Crippen molar-refractivity contribution in [1.82, 2.24) is 0 Å². The maximum Gasteiger partial charge on any atom is 0.147 e. The lowest BCUT2D eigenvalue weighted by molar-refractivity contribution is -0.0337. The normalized spacial score (nSPS) is 58.8. The van der Waals surface area contributed by atoms with E-state index in [9.17, 15) is 4.74 Å². The van der Waals surface area contributed by atoms with Crippen LogP contribution in [0.4, 0.5) is 0 Å². The summed E-state index contributed by atoms with van der Waals surface area (Å²) in [7, 11) is 0. The van der Waals surface area contributed by atoms with Crippen molar-refractivity contribution < 1.29 is 4.74 Å². The summed E-state index contributed by atoms with van der Waals surface area (Å²) in [4.78, 5) is 0. The van der Waals surface area contributed by atoms with Gasteiger partial charge in [-0.25, -0.2) is 0 Å². The maximum absolute atomic E-state index is 10.6. The van der Waals surface area contributed by atoms with Crippen LogP contribution in [0, 0.1) is 172 Å². The van der Waals surface area contributed by atoms with Gasteiger partial charge in [0.25, 0.3) is 0 Å². The molecule has 36 bridgehead atoms. The predicted octanol–water partition coefficient (Wildman–Crippen LogP) is 25.7. The number of ether oxygens (including phenoxy) is 1. The van der Waals surface area contributed by atoms with Crippen molar-refractivity contribution in [3.63, 3.8) is 0 Å². The van der Waals surface area contributed by atoms with E-state index >= 15 is 0 Å². The second-order valence-corrected chi connectivity index (χ2v) is 51.4. The van der Waals surface area contributed by atoms with Crippen LogP contribution in [-0.2, 0) is 48.7 Å². The first-order valence-electron chi connectivity index (χ1n) is 48.8. The number of hydrogen-bond acceptors (Lipinski definition) is 1. The van der Waals surface area contributed by atoms with Crippen molar-refractivity contribution in [2.24, 2.45) is 160 Å². The van der Waals surface area contributed by atoms with Crippen LogP contribution in [0.5, 0.6) is 11.5 Å². The van der Waals surface area contributed by atoms with Crippen LogP contribution in [-0.4, -0.2) is 0 Å². The van der Waals surface area contributed by atoms with Crippen LogP contribution >= 0.6 is 0 Å². The molecule has 1 heteroatoms. The summed E-state index contributed by atoms with van der Waals surface area (Å²) in [6.45, 7) is 0. The Kier molecular flexibility index (Phi) is 12.1. The number of benzene rings is 2. The van der Waals surface area contributed by atoms with E-state index in [1.807, 2.05) is 11.1 Å². The summed E-state index contributed by atoms with van der Waals surface area (Å²) >= 11 is 0. The second kappa shape index (κ2) is 20.5. The van der Waals surface area contributed by atoms with Crippen LogP contribution in [0.2, 0.25) is 0 Å². The SMILES string of the molecule is C#Cc1c(Oc2c(C34CC5CC(CC(C5)C3)C4)c(C34CC5CC(CC(C5)C3)C4)c(C34CC5CC(CC(C5)C3)C4)c(C34CC5CC(CC(C5)C3)C4)c2C23CC4CC(CC(C4)C2)C3)c(C23CC4CC(CC(C4)C2)C3)c(C23CC4CC(CC(C4)C2)C3)c(C23CC4CC(CC(C4)C2)C3)c1C12CC3CC(CC(C3)C1)C2. The summed E-state index contributed by atoms with van der Waals surface area (Å²) in [5, 5.41) is 0. The van der Waals surface area contributed by atoms with Crippen LogP contribution in [0.3, 0.4) is 0 Å². The standard InChI is InChI=1S/C104H136O/c1-2-84-85(96-30-57-3-58(31-96)5-59(4-57)32-96)86(97-33-60-6-61(34-97)8-62(7-60)35-97)88(99-39-66-12-67(40-99)14-68(13-66)41-99)91(102-48-75-21-76(49-102)23-77(22-75)50-102)94(84)105-95-92(103-51-78-24-79(52-103)26-80(25-78)53-103)89(100-42-69-15-70(43-100)17-71(16-69)44-100)87(98-36-63-9-64(37-98)11-65(10-63)38-98)90(101-45-72-18-73(46-101)20-74(19-72)47-101)93(95)104-54-81-27-82(55-104)29-83(28-81)56-104/h1,57-83H,3-56H2. The Morgan fingerprint density at radius 1 is 0.162 bits per heavy atom. The molecule has 105 heavy (non-hydrogen) atoms. The molecule has 0 aromatic heterocycles. The molecule has 2 aromatic carbocycles. The Morgan fingerprint density at radius 2 is 0.276 bits per heavy atom. The van der Waals surface area contributed by atoms with Crippen molar-refractivity contribution >= 4 is 0 Å². The summed E-state index contributed by atoms with van der Waals surface area (Å²) in [5.74, 6) is 32.7. The highest BCUT2D eigenvalue weighted by molar-refractivity contribution is 5.75. The molecule has 2 aromatic rings. The van der Waals surface area contributed by atoms with Gasteiger partial charge in [0.1, 0.15) is 11.5 Å². The van der Waals surface area contributed by atoms with E-state index in [0.29, 0.717) is 21.7 Å². The quantitative estimate of drug-likeness (QED) is 0.204. The zero-order valence-corrected chi connectivity index (χ0v) is 65.8. The van der Waals surface area contributed by atoms with Gasteiger partial charge in [-0.3, -0.25) is 0 Å². The fourth-order valence-corrected chi connectivity index (χ4v) is 46.3. The largest absolute Gasteiger partial charge is 0.455 e. The maximum atomic E-state index is 10.6. The van der Waals surface area contributed by atoms with E-state index < -0.39 is 0 Å². The van der Waals surface area contributed by atoms with Gasteiger partial charge in [0, 0.05) is 32.9 Å². The molecule has 38 rings (SSSR count). The van der Waals surface area contributed by atoms with E-state index in [-0.39, 0.29) is 27.1 Å². The molecule has 36 fully saturated rings. The smallest absolute Gasteiger partial charge is 0.147 e. The molecule has 0 atom stereocenters. The van der Waals surface area contributed by atoms with Crippen molar-refractivity contribution in [2.75, 3.05) is 0 Å². The Morgan fingerprint density at radius 3 is 0.429 bits per heavy atom. The third-order valence-electron chi connectivity index (χ3n) is 44.4. The lowest BCUT2D eigenvalue weighted by atomic mass is 9.38. The molecular formula is C104H136O. The Bertz CT molecular complexity index is 3720. The molecule has 0 amide bonds. The van der Waals surface area contributed by atoms with Crippen LogP contribution < -0.4 is 4.74 Å². The van der Waals surface area contributed by atoms with Gasteiger partial charge in [0.2, 0.25) is 0 Å². The molecule has 0 saturated heterocycles. The molecule has 0 aliphatic heterocycles. The first-order valence-corrected chi connectivity index (χ1v) is 48.8. The van der Waals surface area contributed by atoms with Crippen molar-refractivity contribution in [1.29, 1.82) is 0 Å². The molecular weight excluding hydrogens is 1270 g/mol. The van der Waals surface area contributed by atoms with E-state index in [1.54, 1.807) is 204 Å². The topological polar surface area (TPSA) is 9.23 Å². The van der Waals surface area contributed by atoms with Crippen molar-refractivity contribution in [3.05, 3.63) is 55.6 Å². The minimum absolute atomic E-state index is 0.178. The zero-order valence-electron chi connectivity index (χ0n) is 65.8. The lowest BCUT2D eigenvalue weighted by Gasteiger charge is -2.67. The highest BCUT2D eigenvalue weighted by atomic mass is 16.5. The molecule has 36 aliphatic rings. The van der Waals surface area contributed by atoms with E-state index in [0.717, 1.165) is 160 Å². The molecule has 0 radical (unpaired) electrons. The fourth-order valence-electron chi connectivity index (χ4n) is 46.3. The highest BCUT2D eigenvalue weighted by Crippen LogP contribution is 2.80. The predicted molar refractivity (Wildman–Crippen MR) is 420 cm³/mol. The first-order chi connectivity index (χ1) is 51.1. The van der Waals surface area contributed by atoms with Crippen LogP contribution in [0.1, 0.15) is 402 Å². The summed E-state index contributed by atoms with van der Waals surface area (Å²) in [5.41, 5.74) is 23.3. The molecule has 0 heterocycles. The summed E-state index contributed by atoms with van der Waals surface area (Å²) in [6, 6.07) is 0. The van der Waals surface area contributed by atoms with Gasteiger partial charge in [0.05, 0.1) is 5.56 Å². The minimum atomic E-state index is 0.178. The van der Waals surface area contributed by atoms with Gasteiger partial charge in [-0.05, 0) is 572 Å². The average Bonchev–Trinajstić information content (AvgIpc) is 0.671. The van der Waals surface area contributed by atoms with E-state index in [1.165, 1.54) is 160 Å². The monoisotopic (exact) mass is 1400 g/mol. The molecule has 0 N–H and O–H groups in total. The summed E-state index contributed by atoms with van der Waals surface area (Å²) in [6.07, 6.45) is 91.7. The molecule has 0 spiro atoms. The number of terminal acetylenes is 1. The number of rotatable bonds is 11. The van der Waals surface area contributed by atoms with Gasteiger partial charge >= 0.3 is 0 Å². The number of hydrogen-bond donors (Lipinski definition) is 0.